The zero-order valence-corrected chi connectivity index (χ0v) is 12.1. The lowest BCUT2D eigenvalue weighted by molar-refractivity contribution is 0.181. The predicted molar refractivity (Wildman–Crippen MR) is 77.2 cm³/mol. The van der Waals surface area contributed by atoms with Crippen LogP contribution in [-0.4, -0.2) is 49.3 Å². The van der Waals surface area contributed by atoms with Crippen molar-refractivity contribution in [1.82, 2.24) is 14.8 Å². The molecule has 5 nitrogen and oxygen atoms in total. The Balaban J connectivity index is 1.83. The number of guanidine groups is 1. The van der Waals surface area contributed by atoms with Crippen LogP contribution in [-0.2, 0) is 18.3 Å². The number of ether oxygens (including phenoxy) is 1. The SMILES string of the molecule is CN=C(NCc1cccn1C)N(C)CC1CCOC1. The molecule has 19 heavy (non-hydrogen) atoms. The van der Waals surface area contributed by atoms with Crippen molar-refractivity contribution in [2.75, 3.05) is 33.9 Å². The molecule has 1 atom stereocenters. The number of rotatable bonds is 4. The first-order valence-electron chi connectivity index (χ1n) is 6.80. The minimum Gasteiger partial charge on any atom is -0.381 e. The minimum atomic E-state index is 0.624. The molecule has 5 heteroatoms. The molecule has 0 radical (unpaired) electrons. The van der Waals surface area contributed by atoms with Crippen molar-refractivity contribution in [1.29, 1.82) is 0 Å². The number of nitrogens with one attached hydrogen (secondary N) is 1. The Morgan fingerprint density at radius 3 is 3.05 bits per heavy atom. The monoisotopic (exact) mass is 264 g/mol. The van der Waals surface area contributed by atoms with Gasteiger partial charge in [0.05, 0.1) is 13.2 Å². The first-order chi connectivity index (χ1) is 9.20. The quantitative estimate of drug-likeness (QED) is 0.653. The van der Waals surface area contributed by atoms with Gasteiger partial charge in [0.1, 0.15) is 0 Å². The van der Waals surface area contributed by atoms with E-state index in [-0.39, 0.29) is 0 Å². The van der Waals surface area contributed by atoms with E-state index in [1.54, 1.807) is 0 Å². The molecule has 1 N–H and O–H groups in total. The molecule has 1 saturated heterocycles. The molecule has 0 amide bonds. The van der Waals surface area contributed by atoms with E-state index in [2.05, 4.69) is 52.2 Å². The summed E-state index contributed by atoms with van der Waals surface area (Å²) in [7, 11) is 5.97. The maximum atomic E-state index is 5.42. The van der Waals surface area contributed by atoms with Gasteiger partial charge in [-0.05, 0) is 18.6 Å². The van der Waals surface area contributed by atoms with Crippen LogP contribution in [0.3, 0.4) is 0 Å². The Morgan fingerprint density at radius 1 is 1.63 bits per heavy atom. The number of aromatic nitrogens is 1. The highest BCUT2D eigenvalue weighted by molar-refractivity contribution is 5.79. The molecule has 0 aromatic carbocycles. The van der Waals surface area contributed by atoms with Crippen LogP contribution in [0.25, 0.3) is 0 Å². The highest BCUT2D eigenvalue weighted by Gasteiger charge is 2.19. The van der Waals surface area contributed by atoms with Crippen LogP contribution in [0.4, 0.5) is 0 Å². The molecule has 1 aromatic heterocycles. The van der Waals surface area contributed by atoms with Gasteiger partial charge in [0.2, 0.25) is 0 Å². The Bertz CT molecular complexity index is 421. The first kappa shape index (κ1) is 13.9. The molecule has 1 fully saturated rings. The predicted octanol–water partition coefficient (Wildman–Crippen LogP) is 1.07. The number of nitrogens with zero attached hydrogens (tertiary/aromatic N) is 3. The van der Waals surface area contributed by atoms with E-state index in [0.717, 1.165) is 38.7 Å². The average molecular weight is 264 g/mol. The van der Waals surface area contributed by atoms with E-state index in [1.165, 1.54) is 5.69 Å². The van der Waals surface area contributed by atoms with Crippen molar-refractivity contribution in [2.24, 2.45) is 18.0 Å². The molecule has 0 bridgehead atoms. The largest absolute Gasteiger partial charge is 0.381 e. The first-order valence-corrected chi connectivity index (χ1v) is 6.80. The molecule has 0 spiro atoms. The van der Waals surface area contributed by atoms with Crippen molar-refractivity contribution in [3.63, 3.8) is 0 Å². The van der Waals surface area contributed by atoms with Gasteiger partial charge >= 0.3 is 0 Å². The third-order valence-corrected chi connectivity index (χ3v) is 3.61. The standard InChI is InChI=1S/C14H24N4O/c1-15-14(16-9-13-5-4-7-17(13)2)18(3)10-12-6-8-19-11-12/h4-5,7,12H,6,8-11H2,1-3H3,(H,15,16). The van der Waals surface area contributed by atoms with Gasteiger partial charge in [-0.2, -0.15) is 0 Å². The highest BCUT2D eigenvalue weighted by Crippen LogP contribution is 2.13. The van der Waals surface area contributed by atoms with Gasteiger partial charge in [-0.25, -0.2) is 0 Å². The second kappa shape index (κ2) is 6.61. The van der Waals surface area contributed by atoms with E-state index in [9.17, 15) is 0 Å². The maximum Gasteiger partial charge on any atom is 0.193 e. The number of aryl methyl sites for hydroxylation is 1. The summed E-state index contributed by atoms with van der Waals surface area (Å²) in [5.74, 6) is 1.56. The van der Waals surface area contributed by atoms with E-state index in [4.69, 9.17) is 4.74 Å². The lowest BCUT2D eigenvalue weighted by Gasteiger charge is -2.24. The fourth-order valence-electron chi connectivity index (χ4n) is 2.44. The van der Waals surface area contributed by atoms with Gasteiger partial charge in [0, 0.05) is 52.1 Å². The molecule has 0 aliphatic carbocycles. The van der Waals surface area contributed by atoms with Gasteiger partial charge in [-0.15, -0.1) is 0 Å². The molecular formula is C14H24N4O. The van der Waals surface area contributed by atoms with Crippen molar-refractivity contribution in [3.05, 3.63) is 24.0 Å². The Hall–Kier alpha value is -1.49. The van der Waals surface area contributed by atoms with Crippen molar-refractivity contribution >= 4 is 5.96 Å². The molecule has 1 aliphatic heterocycles. The van der Waals surface area contributed by atoms with Crippen LogP contribution in [0.5, 0.6) is 0 Å². The zero-order valence-electron chi connectivity index (χ0n) is 12.1. The lowest BCUT2D eigenvalue weighted by atomic mass is 10.1. The Kier molecular flexibility index (Phi) is 4.85. The summed E-state index contributed by atoms with van der Waals surface area (Å²) in [6, 6.07) is 4.17. The molecular weight excluding hydrogens is 240 g/mol. The van der Waals surface area contributed by atoms with Crippen LogP contribution in [0.1, 0.15) is 12.1 Å². The molecule has 1 unspecified atom stereocenters. The normalized spacial score (nSPS) is 19.7. The summed E-state index contributed by atoms with van der Waals surface area (Å²) in [6.07, 6.45) is 3.21. The number of hydrogen-bond donors (Lipinski definition) is 1. The molecule has 2 rings (SSSR count). The minimum absolute atomic E-state index is 0.624. The number of aliphatic imine (C=N–C) groups is 1. The van der Waals surface area contributed by atoms with Crippen molar-refractivity contribution < 1.29 is 4.74 Å². The Morgan fingerprint density at radius 2 is 2.47 bits per heavy atom. The second-order valence-corrected chi connectivity index (χ2v) is 5.12. The van der Waals surface area contributed by atoms with Gasteiger partial charge in [0.15, 0.2) is 5.96 Å². The average Bonchev–Trinajstić information content (AvgIpc) is 3.02. The van der Waals surface area contributed by atoms with E-state index >= 15 is 0 Å². The van der Waals surface area contributed by atoms with Gasteiger partial charge in [0.25, 0.3) is 0 Å². The summed E-state index contributed by atoms with van der Waals surface area (Å²) < 4.78 is 7.53. The topological polar surface area (TPSA) is 41.8 Å². The summed E-state index contributed by atoms with van der Waals surface area (Å²) in [5, 5.41) is 3.40. The summed E-state index contributed by atoms with van der Waals surface area (Å²) in [6.45, 7) is 3.56. The van der Waals surface area contributed by atoms with Gasteiger partial charge in [-0.1, -0.05) is 0 Å². The van der Waals surface area contributed by atoms with Gasteiger partial charge < -0.3 is 19.5 Å². The fraction of sp³-hybridized carbons (Fsp3) is 0.643. The van der Waals surface area contributed by atoms with Crippen LogP contribution in [0.15, 0.2) is 23.3 Å². The molecule has 2 heterocycles. The molecule has 1 aromatic rings. The molecule has 106 valence electrons. The fourth-order valence-corrected chi connectivity index (χ4v) is 2.44. The maximum absolute atomic E-state index is 5.42. The summed E-state index contributed by atoms with van der Waals surface area (Å²) in [5.41, 5.74) is 1.25. The molecule has 0 saturated carbocycles. The third kappa shape index (κ3) is 3.73. The summed E-state index contributed by atoms with van der Waals surface area (Å²) >= 11 is 0. The van der Waals surface area contributed by atoms with Gasteiger partial charge in [-0.3, -0.25) is 4.99 Å². The van der Waals surface area contributed by atoms with Crippen LogP contribution < -0.4 is 5.32 Å². The van der Waals surface area contributed by atoms with E-state index in [1.807, 2.05) is 7.05 Å². The van der Waals surface area contributed by atoms with Crippen molar-refractivity contribution in [2.45, 2.75) is 13.0 Å². The van der Waals surface area contributed by atoms with Crippen LogP contribution >= 0.6 is 0 Å². The van der Waals surface area contributed by atoms with Crippen LogP contribution in [0, 0.1) is 5.92 Å². The third-order valence-electron chi connectivity index (χ3n) is 3.61. The second-order valence-electron chi connectivity index (χ2n) is 5.12. The highest BCUT2D eigenvalue weighted by atomic mass is 16.5. The van der Waals surface area contributed by atoms with E-state index in [0.29, 0.717) is 5.92 Å². The lowest BCUT2D eigenvalue weighted by Crippen LogP contribution is -2.41. The summed E-state index contributed by atoms with van der Waals surface area (Å²) in [4.78, 5) is 6.52. The zero-order chi connectivity index (χ0) is 13.7. The number of hydrogen-bond acceptors (Lipinski definition) is 2. The Labute approximate surface area is 115 Å². The smallest absolute Gasteiger partial charge is 0.193 e. The van der Waals surface area contributed by atoms with Crippen LogP contribution in [0.2, 0.25) is 0 Å². The van der Waals surface area contributed by atoms with Crippen molar-refractivity contribution in [3.8, 4) is 0 Å². The molecule has 1 aliphatic rings. The van der Waals surface area contributed by atoms with E-state index < -0.39 is 0 Å².